The van der Waals surface area contributed by atoms with Crippen LogP contribution in [0.4, 0.5) is 0 Å². The Morgan fingerprint density at radius 1 is 1.18 bits per heavy atom. The molecule has 0 aliphatic rings. The highest BCUT2D eigenvalue weighted by atomic mass is 16.5. The molecule has 84 valence electrons. The topological polar surface area (TPSA) is 52.1 Å². The molecule has 4 nitrogen and oxygen atoms in total. The number of aromatic nitrogens is 2. The summed E-state index contributed by atoms with van der Waals surface area (Å²) in [6, 6.07) is 11.1. The predicted molar refractivity (Wildman–Crippen MR) is 62.9 cm³/mol. The lowest BCUT2D eigenvalue weighted by molar-refractivity contribution is 0.0658. The molecule has 0 N–H and O–H groups in total. The lowest BCUT2D eigenvalue weighted by Crippen LogP contribution is -2.03. The molecular formula is C13H10N2O2. The number of hydrogen-bond acceptors (Lipinski definition) is 4. The molecule has 0 saturated heterocycles. The Kier molecular flexibility index (Phi) is 3.60. The molecule has 17 heavy (non-hydrogen) atoms. The molecular weight excluding hydrogens is 216 g/mol. The summed E-state index contributed by atoms with van der Waals surface area (Å²) in [5.74, 6) is -0.500. The Balaban J connectivity index is 1.95. The van der Waals surface area contributed by atoms with E-state index in [0.29, 0.717) is 0 Å². The Hall–Kier alpha value is -2.49. The first kappa shape index (κ1) is 11.0. The van der Waals surface area contributed by atoms with Crippen molar-refractivity contribution in [2.24, 2.45) is 0 Å². The number of carbonyl (C=O) groups is 1. The molecule has 0 saturated carbocycles. The third-order valence-corrected chi connectivity index (χ3v) is 2.03. The van der Waals surface area contributed by atoms with Gasteiger partial charge in [-0.05, 0) is 17.7 Å². The average molecular weight is 226 g/mol. The van der Waals surface area contributed by atoms with Gasteiger partial charge >= 0.3 is 5.97 Å². The van der Waals surface area contributed by atoms with Crippen molar-refractivity contribution in [3.05, 3.63) is 66.4 Å². The van der Waals surface area contributed by atoms with Gasteiger partial charge in [0.15, 0.2) is 5.69 Å². The van der Waals surface area contributed by atoms with E-state index >= 15 is 0 Å². The van der Waals surface area contributed by atoms with E-state index in [1.807, 2.05) is 30.3 Å². The van der Waals surface area contributed by atoms with Crippen LogP contribution in [0.15, 0.2) is 55.2 Å². The summed E-state index contributed by atoms with van der Waals surface area (Å²) in [5, 5.41) is 0. The molecule has 2 aromatic rings. The predicted octanol–water partition coefficient (Wildman–Crippen LogP) is 2.30. The van der Waals surface area contributed by atoms with Gasteiger partial charge in [-0.2, -0.15) is 0 Å². The van der Waals surface area contributed by atoms with Crippen LogP contribution in [-0.4, -0.2) is 15.9 Å². The number of nitrogens with zero attached hydrogens (tertiary/aromatic N) is 2. The third-order valence-electron chi connectivity index (χ3n) is 2.03. The van der Waals surface area contributed by atoms with E-state index in [2.05, 4.69) is 9.97 Å². The van der Waals surface area contributed by atoms with Gasteiger partial charge < -0.3 is 4.74 Å². The molecule has 1 aromatic heterocycles. The summed E-state index contributed by atoms with van der Waals surface area (Å²) in [6.07, 6.45) is 5.85. The van der Waals surface area contributed by atoms with Crippen LogP contribution in [0, 0.1) is 0 Å². The van der Waals surface area contributed by atoms with Gasteiger partial charge in [-0.1, -0.05) is 30.3 Å². The van der Waals surface area contributed by atoms with E-state index < -0.39 is 5.97 Å². The summed E-state index contributed by atoms with van der Waals surface area (Å²) < 4.78 is 4.92. The van der Waals surface area contributed by atoms with Gasteiger partial charge in [0.2, 0.25) is 0 Å². The summed E-state index contributed by atoms with van der Waals surface area (Å²) in [5.41, 5.74) is 1.20. The molecule has 0 atom stereocenters. The molecule has 0 spiro atoms. The van der Waals surface area contributed by atoms with Gasteiger partial charge in [0.05, 0.1) is 6.26 Å². The fraction of sp³-hybridized carbons (Fsp3) is 0. The maximum Gasteiger partial charge on any atom is 0.361 e. The van der Waals surface area contributed by atoms with Crippen molar-refractivity contribution in [3.63, 3.8) is 0 Å². The summed E-state index contributed by atoms with van der Waals surface area (Å²) in [4.78, 5) is 19.0. The highest BCUT2D eigenvalue weighted by molar-refractivity contribution is 5.87. The van der Waals surface area contributed by atoms with Gasteiger partial charge in [-0.25, -0.2) is 14.8 Å². The molecule has 1 aromatic carbocycles. The molecule has 2 rings (SSSR count). The van der Waals surface area contributed by atoms with E-state index in [4.69, 9.17) is 4.74 Å². The maximum atomic E-state index is 11.5. The van der Waals surface area contributed by atoms with Crippen LogP contribution in [0.3, 0.4) is 0 Å². The van der Waals surface area contributed by atoms with Crippen molar-refractivity contribution >= 4 is 12.0 Å². The first-order valence-corrected chi connectivity index (χ1v) is 5.05. The highest BCUT2D eigenvalue weighted by Crippen LogP contribution is 2.02. The van der Waals surface area contributed by atoms with Crippen molar-refractivity contribution < 1.29 is 9.53 Å². The van der Waals surface area contributed by atoms with Gasteiger partial charge in [-0.15, -0.1) is 0 Å². The molecule has 0 unspecified atom stereocenters. The van der Waals surface area contributed by atoms with Crippen molar-refractivity contribution in [1.29, 1.82) is 0 Å². The minimum Gasteiger partial charge on any atom is -0.430 e. The van der Waals surface area contributed by atoms with Crippen LogP contribution >= 0.6 is 0 Å². The maximum absolute atomic E-state index is 11.5. The van der Waals surface area contributed by atoms with Gasteiger partial charge in [0.25, 0.3) is 0 Å². The van der Waals surface area contributed by atoms with E-state index in [1.165, 1.54) is 24.9 Å². The smallest absolute Gasteiger partial charge is 0.361 e. The zero-order chi connectivity index (χ0) is 11.9. The largest absolute Gasteiger partial charge is 0.430 e. The fourth-order valence-electron chi connectivity index (χ4n) is 1.21. The zero-order valence-electron chi connectivity index (χ0n) is 8.98. The molecule has 0 fully saturated rings. The van der Waals surface area contributed by atoms with Crippen LogP contribution in [0.1, 0.15) is 16.1 Å². The Morgan fingerprint density at radius 2 is 2.00 bits per heavy atom. The quantitative estimate of drug-likeness (QED) is 0.595. The minimum atomic E-state index is -0.500. The molecule has 0 amide bonds. The number of esters is 1. The number of carbonyl (C=O) groups excluding carboxylic acids is 1. The normalized spacial score (nSPS) is 10.4. The van der Waals surface area contributed by atoms with Crippen LogP contribution < -0.4 is 0 Å². The van der Waals surface area contributed by atoms with Crippen molar-refractivity contribution in [2.45, 2.75) is 0 Å². The van der Waals surface area contributed by atoms with Crippen LogP contribution in [-0.2, 0) is 4.74 Å². The highest BCUT2D eigenvalue weighted by Gasteiger charge is 2.05. The molecule has 4 heteroatoms. The van der Waals surface area contributed by atoms with Gasteiger partial charge in [0.1, 0.15) is 6.33 Å². The average Bonchev–Trinajstić information content (AvgIpc) is 2.41. The second-order valence-corrected chi connectivity index (χ2v) is 3.21. The van der Waals surface area contributed by atoms with Crippen molar-refractivity contribution in [1.82, 2.24) is 9.97 Å². The SMILES string of the molecule is O=C(OC=Cc1ccccc1)c1ccncn1. The second-order valence-electron chi connectivity index (χ2n) is 3.21. The number of ether oxygens (including phenoxy) is 1. The van der Waals surface area contributed by atoms with E-state index in [-0.39, 0.29) is 5.69 Å². The summed E-state index contributed by atoms with van der Waals surface area (Å²) in [6.45, 7) is 0. The monoisotopic (exact) mass is 226 g/mol. The minimum absolute atomic E-state index is 0.234. The number of benzene rings is 1. The first-order chi connectivity index (χ1) is 8.36. The molecule has 0 radical (unpaired) electrons. The number of rotatable bonds is 3. The standard InChI is InChI=1S/C13H10N2O2/c16-13(12-6-8-14-10-15-12)17-9-7-11-4-2-1-3-5-11/h1-10H. The molecule has 0 bridgehead atoms. The van der Waals surface area contributed by atoms with Crippen molar-refractivity contribution in [2.75, 3.05) is 0 Å². The lowest BCUT2D eigenvalue weighted by Gasteiger charge is -1.97. The van der Waals surface area contributed by atoms with Gasteiger partial charge in [0, 0.05) is 6.20 Å². The van der Waals surface area contributed by atoms with Crippen molar-refractivity contribution in [3.8, 4) is 0 Å². The van der Waals surface area contributed by atoms with E-state index in [9.17, 15) is 4.79 Å². The zero-order valence-corrected chi connectivity index (χ0v) is 8.98. The fourth-order valence-corrected chi connectivity index (χ4v) is 1.21. The molecule has 0 aliphatic carbocycles. The number of hydrogen-bond donors (Lipinski definition) is 0. The Morgan fingerprint density at radius 3 is 2.71 bits per heavy atom. The van der Waals surface area contributed by atoms with Gasteiger partial charge in [-0.3, -0.25) is 0 Å². The molecule has 1 heterocycles. The van der Waals surface area contributed by atoms with E-state index in [0.717, 1.165) is 5.56 Å². The van der Waals surface area contributed by atoms with Crippen LogP contribution in [0.5, 0.6) is 0 Å². The summed E-state index contributed by atoms with van der Waals surface area (Å²) in [7, 11) is 0. The van der Waals surface area contributed by atoms with Crippen LogP contribution in [0.25, 0.3) is 6.08 Å². The molecule has 0 aliphatic heterocycles. The summed E-state index contributed by atoms with van der Waals surface area (Å²) >= 11 is 0. The lowest BCUT2D eigenvalue weighted by atomic mass is 10.2. The second kappa shape index (κ2) is 5.55. The first-order valence-electron chi connectivity index (χ1n) is 5.05. The van der Waals surface area contributed by atoms with E-state index in [1.54, 1.807) is 6.08 Å². The Labute approximate surface area is 98.6 Å². The third kappa shape index (κ3) is 3.24. The van der Waals surface area contributed by atoms with Crippen LogP contribution in [0.2, 0.25) is 0 Å². The Bertz CT molecular complexity index is 509.